The van der Waals surface area contributed by atoms with Crippen molar-refractivity contribution in [2.24, 2.45) is 0 Å². The monoisotopic (exact) mass is 433 g/mol. The molecule has 0 bridgehead atoms. The Labute approximate surface area is 185 Å². The van der Waals surface area contributed by atoms with Crippen molar-refractivity contribution in [3.05, 3.63) is 83.2 Å². The highest BCUT2D eigenvalue weighted by atomic mass is 32.2. The Bertz CT molecular complexity index is 1130. The average Bonchev–Trinajstić information content (AvgIpc) is 3.15. The fourth-order valence-corrected chi connectivity index (χ4v) is 4.70. The van der Waals surface area contributed by atoms with Crippen LogP contribution in [-0.2, 0) is 17.8 Å². The van der Waals surface area contributed by atoms with Gasteiger partial charge in [-0.15, -0.1) is 11.8 Å². The van der Waals surface area contributed by atoms with E-state index in [1.807, 2.05) is 30.5 Å². The van der Waals surface area contributed by atoms with Crippen molar-refractivity contribution < 1.29 is 4.79 Å². The quantitative estimate of drug-likeness (QED) is 0.360. The van der Waals surface area contributed by atoms with Crippen LogP contribution in [0.1, 0.15) is 22.3 Å². The molecule has 0 aliphatic carbocycles. The number of aryl methyl sites for hydroxylation is 2. The number of pyridine rings is 1. The first-order valence-electron chi connectivity index (χ1n) is 9.73. The van der Waals surface area contributed by atoms with Crippen molar-refractivity contribution >= 4 is 44.4 Å². The molecular formula is C24H23N3OS2. The highest BCUT2D eigenvalue weighted by molar-refractivity contribution is 7.98. The number of rotatable bonds is 6. The molecule has 0 N–H and O–H groups in total. The predicted octanol–water partition coefficient (Wildman–Crippen LogP) is 5.81. The summed E-state index contributed by atoms with van der Waals surface area (Å²) in [7, 11) is 0. The number of fused-ring (bicyclic) bond motifs is 1. The lowest BCUT2D eigenvalue weighted by atomic mass is 10.1. The Morgan fingerprint density at radius 1 is 1.07 bits per heavy atom. The van der Waals surface area contributed by atoms with E-state index in [2.05, 4.69) is 43.1 Å². The third-order valence-corrected chi connectivity index (χ3v) is 6.89. The van der Waals surface area contributed by atoms with E-state index in [4.69, 9.17) is 4.98 Å². The molecule has 0 spiro atoms. The molecule has 2 aromatic carbocycles. The van der Waals surface area contributed by atoms with E-state index in [1.54, 1.807) is 40.4 Å². The largest absolute Gasteiger partial charge is 0.283 e. The van der Waals surface area contributed by atoms with Gasteiger partial charge in [0.2, 0.25) is 5.91 Å². The molecule has 0 atom stereocenters. The van der Waals surface area contributed by atoms with Crippen molar-refractivity contribution in [2.45, 2.75) is 31.7 Å². The van der Waals surface area contributed by atoms with Crippen molar-refractivity contribution in [3.63, 3.8) is 0 Å². The smallest absolute Gasteiger partial charge is 0.233 e. The lowest BCUT2D eigenvalue weighted by Gasteiger charge is -2.20. The van der Waals surface area contributed by atoms with Crippen LogP contribution in [0, 0.1) is 13.8 Å². The molecule has 152 valence electrons. The fraction of sp³-hybridized carbons (Fsp3) is 0.208. The summed E-state index contributed by atoms with van der Waals surface area (Å²) < 4.78 is 1.10. The summed E-state index contributed by atoms with van der Waals surface area (Å²) in [6, 6.07) is 16.3. The summed E-state index contributed by atoms with van der Waals surface area (Å²) >= 11 is 3.26. The van der Waals surface area contributed by atoms with Crippen LogP contribution >= 0.6 is 23.1 Å². The molecule has 0 radical (unpaired) electrons. The van der Waals surface area contributed by atoms with Gasteiger partial charge in [-0.2, -0.15) is 0 Å². The van der Waals surface area contributed by atoms with Gasteiger partial charge in [-0.3, -0.25) is 14.7 Å². The molecule has 0 aliphatic rings. The summed E-state index contributed by atoms with van der Waals surface area (Å²) in [5, 5.41) is 0.726. The van der Waals surface area contributed by atoms with E-state index in [9.17, 15) is 4.79 Å². The van der Waals surface area contributed by atoms with E-state index >= 15 is 0 Å². The lowest BCUT2D eigenvalue weighted by molar-refractivity contribution is -0.118. The molecule has 6 heteroatoms. The number of benzene rings is 2. The highest BCUT2D eigenvalue weighted by Gasteiger charge is 2.21. The first kappa shape index (κ1) is 20.6. The maximum atomic E-state index is 13.3. The summed E-state index contributed by atoms with van der Waals surface area (Å²) in [5.41, 5.74) is 5.36. The van der Waals surface area contributed by atoms with Crippen LogP contribution in [0.15, 0.2) is 65.8 Å². The van der Waals surface area contributed by atoms with Gasteiger partial charge in [0.05, 0.1) is 23.2 Å². The van der Waals surface area contributed by atoms with Crippen LogP contribution in [0.25, 0.3) is 10.2 Å². The topological polar surface area (TPSA) is 46.1 Å². The number of thiazole rings is 1. The van der Waals surface area contributed by atoms with Crippen molar-refractivity contribution in [2.75, 3.05) is 11.2 Å². The molecule has 4 nitrogen and oxygen atoms in total. The number of nitrogens with zero attached hydrogens (tertiary/aromatic N) is 3. The summed E-state index contributed by atoms with van der Waals surface area (Å²) in [6.07, 6.45) is 5.93. The fourth-order valence-electron chi connectivity index (χ4n) is 3.23. The minimum Gasteiger partial charge on any atom is -0.283 e. The molecule has 0 saturated heterocycles. The first-order valence-corrected chi connectivity index (χ1v) is 11.8. The molecule has 30 heavy (non-hydrogen) atoms. The third kappa shape index (κ3) is 4.55. The van der Waals surface area contributed by atoms with Crippen LogP contribution in [-0.4, -0.2) is 22.1 Å². The number of anilines is 1. The van der Waals surface area contributed by atoms with Gasteiger partial charge in [-0.25, -0.2) is 4.98 Å². The van der Waals surface area contributed by atoms with Crippen LogP contribution in [0.4, 0.5) is 5.13 Å². The molecule has 0 unspecified atom stereocenters. The predicted molar refractivity (Wildman–Crippen MR) is 126 cm³/mol. The van der Waals surface area contributed by atoms with Crippen LogP contribution in [0.2, 0.25) is 0 Å². The summed E-state index contributed by atoms with van der Waals surface area (Å²) in [4.78, 5) is 25.3. The molecule has 4 rings (SSSR count). The van der Waals surface area contributed by atoms with Gasteiger partial charge < -0.3 is 0 Å². The molecule has 0 saturated carbocycles. The number of hydrogen-bond acceptors (Lipinski definition) is 5. The number of aromatic nitrogens is 2. The van der Waals surface area contributed by atoms with Gasteiger partial charge in [-0.1, -0.05) is 29.5 Å². The molecule has 0 aliphatic heterocycles. The molecular weight excluding hydrogens is 410 g/mol. The zero-order valence-electron chi connectivity index (χ0n) is 17.3. The number of carbonyl (C=O) groups excluding carboxylic acids is 1. The van der Waals surface area contributed by atoms with Gasteiger partial charge in [0.25, 0.3) is 0 Å². The molecule has 0 fully saturated rings. The second-order valence-electron chi connectivity index (χ2n) is 7.27. The Balaban J connectivity index is 1.67. The van der Waals surface area contributed by atoms with Crippen molar-refractivity contribution in [1.82, 2.24) is 9.97 Å². The Hall–Kier alpha value is -2.70. The van der Waals surface area contributed by atoms with E-state index in [0.717, 1.165) is 26.5 Å². The second-order valence-corrected chi connectivity index (χ2v) is 9.16. The van der Waals surface area contributed by atoms with Gasteiger partial charge in [0.15, 0.2) is 5.13 Å². The minimum absolute atomic E-state index is 0.0308. The highest BCUT2D eigenvalue weighted by Crippen LogP contribution is 2.32. The normalized spacial score (nSPS) is 11.0. The molecule has 1 amide bonds. The second kappa shape index (κ2) is 8.98. The third-order valence-electron chi connectivity index (χ3n) is 5.10. The standard InChI is InChI=1S/C24H23N3OS2/c1-16-11-21-22(12-17(16)2)30-24(26-21)27(15-19-5-4-10-25-14-19)23(28)13-18-6-8-20(29-3)9-7-18/h4-12,14H,13,15H2,1-3H3. The molecule has 2 aromatic heterocycles. The van der Waals surface area contributed by atoms with E-state index < -0.39 is 0 Å². The maximum Gasteiger partial charge on any atom is 0.233 e. The van der Waals surface area contributed by atoms with E-state index in [1.165, 1.54) is 16.0 Å². The molecule has 2 heterocycles. The van der Waals surface area contributed by atoms with Crippen molar-refractivity contribution in [1.29, 1.82) is 0 Å². The molecule has 4 aromatic rings. The average molecular weight is 434 g/mol. The minimum atomic E-state index is 0.0308. The number of carbonyl (C=O) groups is 1. The van der Waals surface area contributed by atoms with Crippen LogP contribution in [0.3, 0.4) is 0 Å². The Morgan fingerprint density at radius 2 is 1.83 bits per heavy atom. The van der Waals surface area contributed by atoms with Crippen LogP contribution in [0.5, 0.6) is 0 Å². The maximum absolute atomic E-state index is 13.3. The Kier molecular flexibility index (Phi) is 6.16. The number of thioether (sulfide) groups is 1. The van der Waals surface area contributed by atoms with E-state index in [0.29, 0.717) is 13.0 Å². The van der Waals surface area contributed by atoms with Gasteiger partial charge in [0, 0.05) is 17.3 Å². The zero-order valence-corrected chi connectivity index (χ0v) is 18.9. The Morgan fingerprint density at radius 3 is 2.53 bits per heavy atom. The zero-order chi connectivity index (χ0) is 21.1. The summed E-state index contributed by atoms with van der Waals surface area (Å²) in [6.45, 7) is 4.64. The van der Waals surface area contributed by atoms with Crippen molar-refractivity contribution in [3.8, 4) is 0 Å². The SMILES string of the molecule is CSc1ccc(CC(=O)N(Cc2cccnc2)c2nc3cc(C)c(C)cc3s2)cc1. The first-order chi connectivity index (χ1) is 14.5. The lowest BCUT2D eigenvalue weighted by Crippen LogP contribution is -2.31. The van der Waals surface area contributed by atoms with Gasteiger partial charge in [0.1, 0.15) is 0 Å². The van der Waals surface area contributed by atoms with Crippen LogP contribution < -0.4 is 4.90 Å². The van der Waals surface area contributed by atoms with Gasteiger partial charge >= 0.3 is 0 Å². The summed E-state index contributed by atoms with van der Waals surface area (Å²) in [5.74, 6) is 0.0308. The van der Waals surface area contributed by atoms with Gasteiger partial charge in [-0.05, 0) is 72.7 Å². The number of hydrogen-bond donors (Lipinski definition) is 0. The van der Waals surface area contributed by atoms with E-state index in [-0.39, 0.29) is 5.91 Å². The number of amides is 1.